The van der Waals surface area contributed by atoms with Crippen LogP contribution in [0.3, 0.4) is 0 Å². The zero-order valence-corrected chi connectivity index (χ0v) is 12.9. The largest absolute Gasteiger partial charge is 0.378 e. The first-order valence-corrected chi connectivity index (χ1v) is 8.56. The molecule has 1 aliphatic carbocycles. The molecule has 2 atom stereocenters. The maximum Gasteiger partial charge on any atom is 0.229 e. The van der Waals surface area contributed by atoms with Gasteiger partial charge in [0.15, 0.2) is 5.82 Å². The lowest BCUT2D eigenvalue weighted by Crippen LogP contribution is -2.31. The molecular weight excluding hydrogens is 282 g/mol. The van der Waals surface area contributed by atoms with Gasteiger partial charge in [-0.2, -0.15) is 4.98 Å². The van der Waals surface area contributed by atoms with Crippen molar-refractivity contribution in [2.75, 3.05) is 13.2 Å². The van der Waals surface area contributed by atoms with Crippen molar-refractivity contribution < 1.29 is 14.1 Å². The molecule has 120 valence electrons. The molecule has 2 saturated heterocycles. The minimum absolute atomic E-state index is 0.00764. The number of nitrogens with zero attached hydrogens (tertiary/aromatic N) is 3. The van der Waals surface area contributed by atoms with E-state index in [9.17, 15) is 4.79 Å². The van der Waals surface area contributed by atoms with Crippen molar-refractivity contribution in [2.24, 2.45) is 0 Å². The third kappa shape index (κ3) is 2.89. The van der Waals surface area contributed by atoms with Crippen LogP contribution in [0.15, 0.2) is 4.52 Å². The predicted molar refractivity (Wildman–Crippen MR) is 78.2 cm³/mol. The van der Waals surface area contributed by atoms with Crippen LogP contribution < -0.4 is 0 Å². The monoisotopic (exact) mass is 305 g/mol. The summed E-state index contributed by atoms with van der Waals surface area (Å²) in [6.07, 6.45) is 8.14. The molecule has 1 saturated carbocycles. The molecule has 22 heavy (non-hydrogen) atoms. The van der Waals surface area contributed by atoms with Gasteiger partial charge in [0.2, 0.25) is 11.8 Å². The van der Waals surface area contributed by atoms with Crippen molar-refractivity contribution in [3.8, 4) is 0 Å². The molecule has 1 amide bonds. The molecule has 1 aromatic rings. The van der Waals surface area contributed by atoms with Crippen molar-refractivity contribution in [3.63, 3.8) is 0 Å². The average Bonchev–Trinajstić information content (AvgIpc) is 3.02. The zero-order valence-electron chi connectivity index (χ0n) is 12.9. The van der Waals surface area contributed by atoms with Crippen LogP contribution in [0.5, 0.6) is 0 Å². The first kappa shape index (κ1) is 14.2. The highest BCUT2D eigenvalue weighted by Gasteiger charge is 2.36. The molecule has 1 aromatic heterocycles. The molecule has 0 aromatic carbocycles. The van der Waals surface area contributed by atoms with Crippen LogP contribution in [-0.4, -0.2) is 40.2 Å². The van der Waals surface area contributed by atoms with Crippen molar-refractivity contribution in [2.45, 2.75) is 69.4 Å². The van der Waals surface area contributed by atoms with E-state index in [-0.39, 0.29) is 18.1 Å². The summed E-state index contributed by atoms with van der Waals surface area (Å²) in [5, 5.41) is 4.12. The van der Waals surface area contributed by atoms with E-state index in [2.05, 4.69) is 10.1 Å². The average molecular weight is 305 g/mol. The third-order valence-corrected chi connectivity index (χ3v) is 4.96. The number of likely N-dealkylation sites (tertiary alicyclic amines) is 1. The first-order chi connectivity index (χ1) is 10.8. The van der Waals surface area contributed by atoms with Crippen LogP contribution in [0.2, 0.25) is 0 Å². The Morgan fingerprint density at radius 3 is 2.91 bits per heavy atom. The molecule has 6 nitrogen and oxygen atoms in total. The Kier molecular flexibility index (Phi) is 3.86. The number of rotatable bonds is 5. The molecule has 3 fully saturated rings. The SMILES string of the molecule is O=C(CC[C@H]1CCCO1)N1CCC[C@@H]1c1noc(C2CC2)n1. The lowest BCUT2D eigenvalue weighted by Gasteiger charge is -2.22. The summed E-state index contributed by atoms with van der Waals surface area (Å²) in [7, 11) is 0. The van der Waals surface area contributed by atoms with Gasteiger partial charge >= 0.3 is 0 Å². The highest BCUT2D eigenvalue weighted by atomic mass is 16.5. The molecule has 0 spiro atoms. The van der Waals surface area contributed by atoms with Crippen LogP contribution in [0.1, 0.15) is 75.0 Å². The Morgan fingerprint density at radius 1 is 1.23 bits per heavy atom. The van der Waals surface area contributed by atoms with Crippen molar-refractivity contribution >= 4 is 5.91 Å². The van der Waals surface area contributed by atoms with Gasteiger partial charge in [0.25, 0.3) is 0 Å². The van der Waals surface area contributed by atoms with Gasteiger partial charge < -0.3 is 14.2 Å². The van der Waals surface area contributed by atoms with Crippen molar-refractivity contribution in [1.82, 2.24) is 15.0 Å². The van der Waals surface area contributed by atoms with Crippen LogP contribution in [0.25, 0.3) is 0 Å². The summed E-state index contributed by atoms with van der Waals surface area (Å²) in [4.78, 5) is 19.0. The molecule has 0 radical (unpaired) electrons. The van der Waals surface area contributed by atoms with Crippen LogP contribution in [0.4, 0.5) is 0 Å². The Morgan fingerprint density at radius 2 is 2.14 bits per heavy atom. The number of hydrogen-bond donors (Lipinski definition) is 0. The zero-order chi connectivity index (χ0) is 14.9. The van der Waals surface area contributed by atoms with E-state index >= 15 is 0 Å². The standard InChI is InChI=1S/C16H23N3O3/c20-14(8-7-12-3-2-10-21-12)19-9-1-4-13(19)15-17-16(22-18-15)11-5-6-11/h11-13H,1-10H2/t12-,13-/m1/s1. The van der Waals surface area contributed by atoms with Crippen molar-refractivity contribution in [1.29, 1.82) is 0 Å². The van der Waals surface area contributed by atoms with Crippen LogP contribution in [-0.2, 0) is 9.53 Å². The summed E-state index contributed by atoms with van der Waals surface area (Å²) in [6, 6.07) is 0.00764. The fourth-order valence-corrected chi connectivity index (χ4v) is 3.51. The summed E-state index contributed by atoms with van der Waals surface area (Å²) in [6.45, 7) is 1.65. The fraction of sp³-hybridized carbons (Fsp3) is 0.812. The second kappa shape index (κ2) is 5.99. The van der Waals surface area contributed by atoms with Crippen LogP contribution >= 0.6 is 0 Å². The maximum atomic E-state index is 12.5. The molecule has 4 rings (SSSR count). The second-order valence-corrected chi connectivity index (χ2v) is 6.68. The minimum atomic E-state index is 0.00764. The lowest BCUT2D eigenvalue weighted by atomic mass is 10.1. The van der Waals surface area contributed by atoms with Gasteiger partial charge in [-0.1, -0.05) is 5.16 Å². The second-order valence-electron chi connectivity index (χ2n) is 6.68. The van der Waals surface area contributed by atoms with Crippen molar-refractivity contribution in [3.05, 3.63) is 11.7 Å². The molecule has 3 heterocycles. The van der Waals surface area contributed by atoms with Crippen LogP contribution in [0, 0.1) is 0 Å². The molecule has 0 bridgehead atoms. The van der Waals surface area contributed by atoms with Gasteiger partial charge in [-0.25, -0.2) is 0 Å². The smallest absolute Gasteiger partial charge is 0.229 e. The quantitative estimate of drug-likeness (QED) is 0.836. The van der Waals surface area contributed by atoms with Gasteiger partial charge in [-0.15, -0.1) is 0 Å². The summed E-state index contributed by atoms with van der Waals surface area (Å²) < 4.78 is 11.0. The molecular formula is C16H23N3O3. The number of ether oxygens (including phenoxy) is 1. The topological polar surface area (TPSA) is 68.5 Å². The number of hydrogen-bond acceptors (Lipinski definition) is 5. The number of aromatic nitrogens is 2. The molecule has 2 aliphatic heterocycles. The van der Waals surface area contributed by atoms with Gasteiger partial charge in [-0.3, -0.25) is 4.79 Å². The first-order valence-electron chi connectivity index (χ1n) is 8.56. The van der Waals surface area contributed by atoms with Gasteiger partial charge in [0.05, 0.1) is 12.1 Å². The molecule has 6 heteroatoms. The summed E-state index contributed by atoms with van der Waals surface area (Å²) >= 11 is 0. The highest BCUT2D eigenvalue weighted by molar-refractivity contribution is 5.76. The molecule has 0 unspecified atom stereocenters. The summed E-state index contributed by atoms with van der Waals surface area (Å²) in [5.41, 5.74) is 0. The molecule has 0 N–H and O–H groups in total. The fourth-order valence-electron chi connectivity index (χ4n) is 3.51. The van der Waals surface area contributed by atoms with Gasteiger partial charge in [-0.05, 0) is 44.9 Å². The number of carbonyl (C=O) groups excluding carboxylic acids is 1. The van der Waals surface area contributed by atoms with Gasteiger partial charge in [0, 0.05) is 25.5 Å². The van der Waals surface area contributed by atoms with E-state index in [0.29, 0.717) is 18.2 Å². The number of carbonyl (C=O) groups is 1. The van der Waals surface area contributed by atoms with E-state index in [4.69, 9.17) is 9.26 Å². The maximum absolute atomic E-state index is 12.5. The lowest BCUT2D eigenvalue weighted by molar-refractivity contribution is -0.132. The molecule has 3 aliphatic rings. The minimum Gasteiger partial charge on any atom is -0.378 e. The summed E-state index contributed by atoms with van der Waals surface area (Å²) in [5.74, 6) is 2.13. The van der Waals surface area contributed by atoms with E-state index in [0.717, 1.165) is 64.0 Å². The third-order valence-electron chi connectivity index (χ3n) is 4.96. The Labute approximate surface area is 130 Å². The normalized spacial score (nSPS) is 28.5. The Bertz CT molecular complexity index is 534. The Balaban J connectivity index is 1.37. The van der Waals surface area contributed by atoms with E-state index in [1.54, 1.807) is 0 Å². The van der Waals surface area contributed by atoms with E-state index in [1.807, 2.05) is 4.90 Å². The highest BCUT2D eigenvalue weighted by Crippen LogP contribution is 2.40. The van der Waals surface area contributed by atoms with E-state index < -0.39 is 0 Å². The Hall–Kier alpha value is -1.43. The number of amides is 1. The van der Waals surface area contributed by atoms with E-state index in [1.165, 1.54) is 0 Å². The predicted octanol–water partition coefficient (Wildman–Crippen LogP) is 2.57. The van der Waals surface area contributed by atoms with Gasteiger partial charge in [0.1, 0.15) is 0 Å².